The summed E-state index contributed by atoms with van der Waals surface area (Å²) in [5.74, 6) is 1.50. The molecule has 0 saturated carbocycles. The van der Waals surface area contributed by atoms with Gasteiger partial charge in [0.05, 0.1) is 6.04 Å². The van der Waals surface area contributed by atoms with Crippen LogP contribution in [0, 0.1) is 0 Å². The molecule has 0 aliphatic heterocycles. The first kappa shape index (κ1) is 39.2. The smallest absolute Gasteiger partial charge is 0.247 e. The number of aromatic amines is 1. The van der Waals surface area contributed by atoms with E-state index in [9.17, 15) is 0 Å². The molecule has 0 amide bonds. The summed E-state index contributed by atoms with van der Waals surface area (Å²) in [6.07, 6.45) is 47.6. The van der Waals surface area contributed by atoms with Crippen molar-refractivity contribution in [3.05, 3.63) is 17.7 Å². The maximum Gasteiger partial charge on any atom is 0.254 e. The largest absolute Gasteiger partial charge is 0.254 e. The summed E-state index contributed by atoms with van der Waals surface area (Å²) in [4.78, 5) is 3.73. The highest BCUT2D eigenvalue weighted by Gasteiger charge is 2.22. The van der Waals surface area contributed by atoms with Gasteiger partial charge in [0.25, 0.3) is 5.82 Å². The first-order valence-electron chi connectivity index (χ1n) is 19.8. The lowest BCUT2D eigenvalue weighted by Gasteiger charge is -2.13. The van der Waals surface area contributed by atoms with Gasteiger partial charge in [-0.25, -0.2) is 9.55 Å². The van der Waals surface area contributed by atoms with E-state index in [1.165, 1.54) is 211 Å². The molecule has 2 nitrogen and oxygen atoms in total. The normalized spacial score (nSPS) is 12.4. The van der Waals surface area contributed by atoms with Crippen LogP contribution in [0.4, 0.5) is 0 Å². The fourth-order valence-electron chi connectivity index (χ4n) is 6.85. The average molecular weight is 588 g/mol. The van der Waals surface area contributed by atoms with Gasteiger partial charge in [0.1, 0.15) is 11.9 Å². The molecule has 248 valence electrons. The Kier molecular flexibility index (Phi) is 28.3. The van der Waals surface area contributed by atoms with E-state index in [4.69, 9.17) is 0 Å². The lowest BCUT2D eigenvalue weighted by Crippen LogP contribution is -2.43. The van der Waals surface area contributed by atoms with Crippen molar-refractivity contribution in [3.8, 4) is 0 Å². The summed E-state index contributed by atoms with van der Waals surface area (Å²) in [6.45, 7) is 9.41. The van der Waals surface area contributed by atoms with E-state index in [1.807, 2.05) is 0 Å². The van der Waals surface area contributed by atoms with E-state index >= 15 is 0 Å². The summed E-state index contributed by atoms with van der Waals surface area (Å²) in [6, 6.07) is 0.634. The Hall–Kier alpha value is -0.790. The van der Waals surface area contributed by atoms with Crippen LogP contribution < -0.4 is 4.57 Å². The van der Waals surface area contributed by atoms with Crippen LogP contribution in [-0.2, 0) is 12.8 Å². The minimum Gasteiger partial charge on any atom is -0.247 e. The van der Waals surface area contributed by atoms with Crippen LogP contribution in [0.5, 0.6) is 0 Å². The summed E-state index contributed by atoms with van der Waals surface area (Å²) in [7, 11) is 0. The van der Waals surface area contributed by atoms with Crippen LogP contribution in [-0.4, -0.2) is 4.98 Å². The average Bonchev–Trinajstić information content (AvgIpc) is 3.41. The van der Waals surface area contributed by atoms with Crippen molar-refractivity contribution >= 4 is 0 Å². The van der Waals surface area contributed by atoms with E-state index in [0.29, 0.717) is 6.04 Å². The lowest BCUT2D eigenvalue weighted by molar-refractivity contribution is -0.732. The predicted octanol–water partition coefficient (Wildman–Crippen LogP) is 13.7. The van der Waals surface area contributed by atoms with Crippen LogP contribution >= 0.6 is 0 Å². The third kappa shape index (κ3) is 21.8. The van der Waals surface area contributed by atoms with Gasteiger partial charge in [0.15, 0.2) is 0 Å². The second-order valence-electron chi connectivity index (χ2n) is 13.9. The Balaban J connectivity index is 2.16. The number of nitrogens with one attached hydrogen (secondary N) is 1. The van der Waals surface area contributed by atoms with Crippen molar-refractivity contribution in [1.82, 2.24) is 4.98 Å². The first-order chi connectivity index (χ1) is 20.7. The number of aromatic nitrogens is 2. The molecule has 1 aromatic rings. The highest BCUT2D eigenvalue weighted by atomic mass is 15.1. The molecule has 42 heavy (non-hydrogen) atoms. The molecule has 0 aliphatic carbocycles. The van der Waals surface area contributed by atoms with E-state index in [1.54, 1.807) is 5.69 Å². The Labute approximate surface area is 266 Å². The maximum atomic E-state index is 3.73. The number of rotatable bonds is 33. The van der Waals surface area contributed by atoms with Crippen LogP contribution in [0.2, 0.25) is 0 Å². The Bertz CT molecular complexity index is 663. The molecule has 0 fully saturated rings. The van der Waals surface area contributed by atoms with E-state index in [-0.39, 0.29) is 0 Å². The second-order valence-corrected chi connectivity index (χ2v) is 13.9. The van der Waals surface area contributed by atoms with Crippen molar-refractivity contribution in [2.45, 2.75) is 239 Å². The second kappa shape index (κ2) is 30.2. The zero-order valence-electron chi connectivity index (χ0n) is 29.7. The molecule has 1 rings (SSSR count). The molecule has 0 saturated heterocycles. The van der Waals surface area contributed by atoms with Gasteiger partial charge in [0.2, 0.25) is 0 Å². The van der Waals surface area contributed by atoms with Crippen LogP contribution in [0.3, 0.4) is 0 Å². The molecular weight excluding hydrogens is 508 g/mol. The van der Waals surface area contributed by atoms with Crippen molar-refractivity contribution in [2.24, 2.45) is 0 Å². The van der Waals surface area contributed by atoms with Crippen molar-refractivity contribution in [2.75, 3.05) is 0 Å². The highest BCUT2D eigenvalue weighted by Crippen LogP contribution is 2.17. The van der Waals surface area contributed by atoms with Crippen molar-refractivity contribution in [1.29, 1.82) is 0 Å². The van der Waals surface area contributed by atoms with Gasteiger partial charge in [-0.05, 0) is 32.6 Å². The summed E-state index contributed by atoms with van der Waals surface area (Å²) < 4.78 is 2.72. The zero-order chi connectivity index (χ0) is 30.4. The molecule has 0 spiro atoms. The predicted molar refractivity (Wildman–Crippen MR) is 189 cm³/mol. The SMILES string of the molecule is CCCCCCCCCCCCCCCCCCCc1[nH]cc(CCCCCCCCCCCC)[n+]1C(C)CCCC. The molecular formula is C40H79N2+. The van der Waals surface area contributed by atoms with Gasteiger partial charge in [-0.1, -0.05) is 188 Å². The van der Waals surface area contributed by atoms with Crippen molar-refractivity contribution in [3.63, 3.8) is 0 Å². The number of imidazole rings is 1. The molecule has 0 aromatic carbocycles. The first-order valence-corrected chi connectivity index (χ1v) is 19.8. The monoisotopic (exact) mass is 588 g/mol. The van der Waals surface area contributed by atoms with Crippen LogP contribution in [0.1, 0.15) is 238 Å². The molecule has 1 unspecified atom stereocenters. The molecule has 1 aromatic heterocycles. The van der Waals surface area contributed by atoms with Crippen LogP contribution in [0.15, 0.2) is 6.20 Å². The number of hydrogen-bond donors (Lipinski definition) is 1. The zero-order valence-corrected chi connectivity index (χ0v) is 29.7. The fraction of sp³-hybridized carbons (Fsp3) is 0.925. The number of hydrogen-bond acceptors (Lipinski definition) is 0. The standard InChI is InChI=1S/C40H78N2/c1-5-8-11-13-15-17-19-20-21-22-23-24-25-27-29-31-33-36-40-41-37-39(42(40)38(4)34-10-7-3)35-32-30-28-26-18-16-14-12-9-6-2/h37-38H,5-36H2,1-4H3/p+1. The van der Waals surface area contributed by atoms with Gasteiger partial charge < -0.3 is 0 Å². The summed E-state index contributed by atoms with van der Waals surface area (Å²) in [5, 5.41) is 0. The van der Waals surface area contributed by atoms with Gasteiger partial charge in [-0.3, -0.25) is 0 Å². The minimum absolute atomic E-state index is 0.634. The molecule has 1 atom stereocenters. The Morgan fingerprint density at radius 3 is 1.17 bits per heavy atom. The van der Waals surface area contributed by atoms with E-state index in [2.05, 4.69) is 43.4 Å². The Morgan fingerprint density at radius 1 is 0.452 bits per heavy atom. The molecule has 1 N–H and O–H groups in total. The quantitative estimate of drug-likeness (QED) is 0.0623. The number of unbranched alkanes of at least 4 members (excludes halogenated alkanes) is 26. The van der Waals surface area contributed by atoms with Gasteiger partial charge >= 0.3 is 0 Å². The van der Waals surface area contributed by atoms with Crippen molar-refractivity contribution < 1.29 is 4.57 Å². The molecule has 2 heteroatoms. The van der Waals surface area contributed by atoms with Gasteiger partial charge in [-0.15, -0.1) is 0 Å². The highest BCUT2D eigenvalue weighted by molar-refractivity contribution is 4.93. The third-order valence-corrected chi connectivity index (χ3v) is 9.73. The van der Waals surface area contributed by atoms with E-state index in [0.717, 1.165) is 0 Å². The summed E-state index contributed by atoms with van der Waals surface area (Å²) in [5.41, 5.74) is 1.57. The topological polar surface area (TPSA) is 19.7 Å². The molecule has 1 heterocycles. The number of aryl methyl sites for hydroxylation is 2. The molecule has 0 radical (unpaired) electrons. The van der Waals surface area contributed by atoms with Gasteiger partial charge in [0, 0.05) is 12.8 Å². The minimum atomic E-state index is 0.634. The van der Waals surface area contributed by atoms with Crippen LogP contribution in [0.25, 0.3) is 0 Å². The number of H-pyrrole nitrogens is 1. The lowest BCUT2D eigenvalue weighted by atomic mass is 10.0. The number of nitrogens with zero attached hydrogens (tertiary/aromatic N) is 1. The maximum absolute atomic E-state index is 3.73. The van der Waals surface area contributed by atoms with E-state index < -0.39 is 0 Å². The molecule has 0 bridgehead atoms. The van der Waals surface area contributed by atoms with Gasteiger partial charge in [-0.2, -0.15) is 0 Å². The summed E-state index contributed by atoms with van der Waals surface area (Å²) >= 11 is 0. The molecule has 0 aliphatic rings. The Morgan fingerprint density at radius 2 is 0.786 bits per heavy atom. The fourth-order valence-corrected chi connectivity index (χ4v) is 6.85. The third-order valence-electron chi connectivity index (χ3n) is 9.73.